The Bertz CT molecular complexity index is 737. The second kappa shape index (κ2) is 6.77. The summed E-state index contributed by atoms with van der Waals surface area (Å²) in [6.45, 7) is 4.64. The van der Waals surface area contributed by atoms with E-state index in [4.69, 9.17) is 4.52 Å². The molecule has 1 aliphatic rings. The Morgan fingerprint density at radius 2 is 1.83 bits per heavy atom. The van der Waals surface area contributed by atoms with Crippen LogP contribution in [0.25, 0.3) is 0 Å². The van der Waals surface area contributed by atoms with Gasteiger partial charge in [0.1, 0.15) is 0 Å². The molecule has 7 nitrogen and oxygen atoms in total. The predicted octanol–water partition coefficient (Wildman–Crippen LogP) is 1.03. The summed E-state index contributed by atoms with van der Waals surface area (Å²) in [5.74, 6) is 1.24. The Balaban J connectivity index is 1.55. The molecule has 1 aromatic carbocycles. The van der Waals surface area contributed by atoms with Gasteiger partial charge < -0.3 is 4.52 Å². The predicted molar refractivity (Wildman–Crippen MR) is 85.0 cm³/mol. The zero-order chi connectivity index (χ0) is 16.3. The maximum Gasteiger partial charge on any atom is 0.240 e. The van der Waals surface area contributed by atoms with Crippen LogP contribution in [-0.4, -0.2) is 53.9 Å². The van der Waals surface area contributed by atoms with E-state index in [0.29, 0.717) is 44.4 Å². The SMILES string of the molecule is Cc1noc(CN2CCN(S(=O)(=O)Cc3ccccc3)CC2)n1. The molecule has 1 fully saturated rings. The molecule has 1 aliphatic heterocycles. The molecule has 1 aromatic heterocycles. The van der Waals surface area contributed by atoms with Gasteiger partial charge in [0, 0.05) is 26.2 Å². The van der Waals surface area contributed by atoms with Crippen LogP contribution in [0.1, 0.15) is 17.3 Å². The molecule has 0 bridgehead atoms. The number of nitrogens with zero attached hydrogens (tertiary/aromatic N) is 4. The largest absolute Gasteiger partial charge is 0.338 e. The number of benzene rings is 1. The Hall–Kier alpha value is -1.77. The lowest BCUT2D eigenvalue weighted by Crippen LogP contribution is -2.48. The van der Waals surface area contributed by atoms with Gasteiger partial charge in [0.15, 0.2) is 5.82 Å². The highest BCUT2D eigenvalue weighted by molar-refractivity contribution is 7.88. The third-order valence-electron chi connectivity index (χ3n) is 3.85. The third kappa shape index (κ3) is 4.15. The highest BCUT2D eigenvalue weighted by Gasteiger charge is 2.27. The average Bonchev–Trinajstić information content (AvgIpc) is 2.93. The normalized spacial score (nSPS) is 17.4. The molecule has 0 amide bonds. The van der Waals surface area contributed by atoms with Gasteiger partial charge in [-0.05, 0) is 12.5 Å². The summed E-state index contributed by atoms with van der Waals surface area (Å²) in [6, 6.07) is 9.27. The van der Waals surface area contributed by atoms with Crippen molar-refractivity contribution in [1.82, 2.24) is 19.3 Å². The number of hydrogen-bond donors (Lipinski definition) is 0. The Morgan fingerprint density at radius 3 is 2.43 bits per heavy atom. The minimum absolute atomic E-state index is 0.0523. The summed E-state index contributed by atoms with van der Waals surface area (Å²) in [5, 5.41) is 3.76. The van der Waals surface area contributed by atoms with Crippen LogP contribution in [0.15, 0.2) is 34.9 Å². The van der Waals surface area contributed by atoms with Crippen molar-refractivity contribution in [2.45, 2.75) is 19.2 Å². The van der Waals surface area contributed by atoms with Crippen molar-refractivity contribution < 1.29 is 12.9 Å². The van der Waals surface area contributed by atoms with E-state index in [1.165, 1.54) is 0 Å². The lowest BCUT2D eigenvalue weighted by Gasteiger charge is -2.33. The molecule has 2 aromatic rings. The fraction of sp³-hybridized carbons (Fsp3) is 0.467. The summed E-state index contributed by atoms with van der Waals surface area (Å²) in [7, 11) is -3.27. The van der Waals surface area contributed by atoms with E-state index in [2.05, 4.69) is 15.0 Å². The van der Waals surface area contributed by atoms with E-state index in [-0.39, 0.29) is 5.75 Å². The highest BCUT2D eigenvalue weighted by Crippen LogP contribution is 2.14. The molecular weight excluding hydrogens is 316 g/mol. The minimum atomic E-state index is -3.27. The van der Waals surface area contributed by atoms with E-state index in [1.807, 2.05) is 30.3 Å². The monoisotopic (exact) mass is 336 g/mol. The second-order valence-electron chi connectivity index (χ2n) is 5.65. The van der Waals surface area contributed by atoms with Crippen LogP contribution in [0, 0.1) is 6.92 Å². The fourth-order valence-corrected chi connectivity index (χ4v) is 4.15. The van der Waals surface area contributed by atoms with Gasteiger partial charge in [-0.2, -0.15) is 9.29 Å². The van der Waals surface area contributed by atoms with Crippen LogP contribution < -0.4 is 0 Å². The Labute approximate surface area is 136 Å². The van der Waals surface area contributed by atoms with Gasteiger partial charge in [-0.15, -0.1) is 0 Å². The summed E-state index contributed by atoms with van der Waals surface area (Å²) >= 11 is 0. The van der Waals surface area contributed by atoms with Gasteiger partial charge in [0.2, 0.25) is 15.9 Å². The van der Waals surface area contributed by atoms with Gasteiger partial charge in [-0.3, -0.25) is 4.90 Å². The number of aryl methyl sites for hydroxylation is 1. The van der Waals surface area contributed by atoms with Crippen LogP contribution in [0.3, 0.4) is 0 Å². The van der Waals surface area contributed by atoms with Crippen LogP contribution in [0.5, 0.6) is 0 Å². The van der Waals surface area contributed by atoms with Crippen LogP contribution >= 0.6 is 0 Å². The minimum Gasteiger partial charge on any atom is -0.338 e. The van der Waals surface area contributed by atoms with E-state index >= 15 is 0 Å². The first-order valence-corrected chi connectivity index (χ1v) is 9.17. The van der Waals surface area contributed by atoms with Crippen molar-refractivity contribution in [3.8, 4) is 0 Å². The maximum absolute atomic E-state index is 12.5. The van der Waals surface area contributed by atoms with Crippen LogP contribution in [0.2, 0.25) is 0 Å². The first-order chi connectivity index (χ1) is 11.0. The smallest absolute Gasteiger partial charge is 0.240 e. The van der Waals surface area contributed by atoms with Crippen LogP contribution in [0.4, 0.5) is 0 Å². The van der Waals surface area contributed by atoms with E-state index in [1.54, 1.807) is 11.2 Å². The Morgan fingerprint density at radius 1 is 1.13 bits per heavy atom. The number of piperazine rings is 1. The quantitative estimate of drug-likeness (QED) is 0.811. The molecule has 2 heterocycles. The van der Waals surface area contributed by atoms with Gasteiger partial charge in [0.05, 0.1) is 12.3 Å². The molecule has 0 atom stereocenters. The van der Waals surface area contributed by atoms with Gasteiger partial charge in [-0.25, -0.2) is 8.42 Å². The van der Waals surface area contributed by atoms with E-state index < -0.39 is 10.0 Å². The maximum atomic E-state index is 12.5. The zero-order valence-corrected chi connectivity index (χ0v) is 13.9. The second-order valence-corrected chi connectivity index (χ2v) is 7.62. The fourth-order valence-electron chi connectivity index (χ4n) is 2.64. The third-order valence-corrected chi connectivity index (χ3v) is 5.70. The van der Waals surface area contributed by atoms with Crippen molar-refractivity contribution in [1.29, 1.82) is 0 Å². The first kappa shape index (κ1) is 16.1. The molecule has 1 saturated heterocycles. The summed E-state index contributed by atoms with van der Waals surface area (Å²) < 4.78 is 31.7. The van der Waals surface area contributed by atoms with Crippen molar-refractivity contribution in [3.05, 3.63) is 47.6 Å². The summed E-state index contributed by atoms with van der Waals surface area (Å²) in [5.41, 5.74) is 0.816. The highest BCUT2D eigenvalue weighted by atomic mass is 32.2. The topological polar surface area (TPSA) is 79.5 Å². The molecule has 23 heavy (non-hydrogen) atoms. The van der Waals surface area contributed by atoms with Gasteiger partial charge in [0.25, 0.3) is 0 Å². The standard InChI is InChI=1S/C15H20N4O3S/c1-13-16-15(22-17-13)11-18-7-9-19(10-8-18)23(20,21)12-14-5-3-2-4-6-14/h2-6H,7-12H2,1H3. The molecule has 0 unspecified atom stereocenters. The molecule has 0 spiro atoms. The molecule has 0 radical (unpaired) electrons. The molecule has 0 aliphatic carbocycles. The van der Waals surface area contributed by atoms with E-state index in [9.17, 15) is 8.42 Å². The molecule has 0 N–H and O–H groups in total. The van der Waals surface area contributed by atoms with Crippen molar-refractivity contribution in [2.24, 2.45) is 0 Å². The molecule has 8 heteroatoms. The average molecular weight is 336 g/mol. The molecule has 3 rings (SSSR count). The zero-order valence-electron chi connectivity index (χ0n) is 13.1. The molecule has 124 valence electrons. The number of sulfonamides is 1. The molecular formula is C15H20N4O3S. The van der Waals surface area contributed by atoms with E-state index in [0.717, 1.165) is 5.56 Å². The lowest BCUT2D eigenvalue weighted by molar-refractivity contribution is 0.163. The van der Waals surface area contributed by atoms with Gasteiger partial charge >= 0.3 is 0 Å². The van der Waals surface area contributed by atoms with Gasteiger partial charge in [-0.1, -0.05) is 35.5 Å². The number of aromatic nitrogens is 2. The Kier molecular flexibility index (Phi) is 4.74. The summed E-state index contributed by atoms with van der Waals surface area (Å²) in [6.07, 6.45) is 0. The number of rotatable bonds is 5. The van der Waals surface area contributed by atoms with Crippen molar-refractivity contribution in [3.63, 3.8) is 0 Å². The van der Waals surface area contributed by atoms with Crippen molar-refractivity contribution >= 4 is 10.0 Å². The molecule has 0 saturated carbocycles. The first-order valence-electron chi connectivity index (χ1n) is 7.56. The number of hydrogen-bond acceptors (Lipinski definition) is 6. The van der Waals surface area contributed by atoms with Crippen molar-refractivity contribution in [2.75, 3.05) is 26.2 Å². The lowest BCUT2D eigenvalue weighted by atomic mass is 10.2. The van der Waals surface area contributed by atoms with Crippen LogP contribution in [-0.2, 0) is 22.3 Å². The summed E-state index contributed by atoms with van der Waals surface area (Å²) in [4.78, 5) is 6.30.